The first-order valence-corrected chi connectivity index (χ1v) is 4.19. The summed E-state index contributed by atoms with van der Waals surface area (Å²) in [7, 11) is 0. The third kappa shape index (κ3) is 2.86. The van der Waals surface area contributed by atoms with Crippen LogP contribution in [0.25, 0.3) is 0 Å². The predicted molar refractivity (Wildman–Crippen MR) is 45.9 cm³/mol. The number of allylic oxidation sites excluding steroid dienone is 3. The van der Waals surface area contributed by atoms with Gasteiger partial charge in [0.2, 0.25) is 0 Å². The molecule has 1 aliphatic carbocycles. The van der Waals surface area contributed by atoms with Crippen LogP contribution in [0.5, 0.6) is 0 Å². The summed E-state index contributed by atoms with van der Waals surface area (Å²) in [6.45, 7) is 6.15. The van der Waals surface area contributed by atoms with Crippen LogP contribution in [-0.2, 0) is 0 Å². The van der Waals surface area contributed by atoms with Crippen LogP contribution in [0.1, 0.15) is 32.6 Å². The van der Waals surface area contributed by atoms with Gasteiger partial charge < -0.3 is 0 Å². The molecule has 1 fully saturated rings. The van der Waals surface area contributed by atoms with Gasteiger partial charge in [-0.15, -0.1) is 0 Å². The minimum Gasteiger partial charge on any atom is -0.0958 e. The van der Waals surface area contributed by atoms with Crippen LogP contribution in [0.2, 0.25) is 0 Å². The number of hydrogen-bond donors (Lipinski definition) is 0. The maximum absolute atomic E-state index is 3.96. The van der Waals surface area contributed by atoms with Crippen LogP contribution in [-0.4, -0.2) is 0 Å². The van der Waals surface area contributed by atoms with Crippen molar-refractivity contribution in [3.05, 3.63) is 24.3 Å². The normalized spacial score (nSPS) is 18.1. The number of rotatable bonds is 4. The fourth-order valence-corrected chi connectivity index (χ4v) is 0.965. The molecule has 1 saturated carbocycles. The highest BCUT2D eigenvalue weighted by molar-refractivity contribution is 5.16. The second kappa shape index (κ2) is 3.60. The first-order chi connectivity index (χ1) is 4.83. The van der Waals surface area contributed by atoms with Crippen LogP contribution >= 0.6 is 0 Å². The van der Waals surface area contributed by atoms with Crippen molar-refractivity contribution < 1.29 is 0 Å². The Balaban J connectivity index is 2.15. The maximum atomic E-state index is 3.96. The molecule has 0 N–H and O–H groups in total. The van der Waals surface area contributed by atoms with Gasteiger partial charge in [0.05, 0.1) is 0 Å². The molecule has 0 aromatic rings. The third-order valence-corrected chi connectivity index (χ3v) is 1.80. The molecule has 0 spiro atoms. The average molecular weight is 136 g/mol. The fraction of sp³-hybridized carbons (Fsp3) is 0.600. The summed E-state index contributed by atoms with van der Waals surface area (Å²) in [4.78, 5) is 0. The van der Waals surface area contributed by atoms with E-state index in [1.54, 1.807) is 0 Å². The molecule has 0 saturated heterocycles. The van der Waals surface area contributed by atoms with Crippen LogP contribution in [0.15, 0.2) is 24.3 Å². The van der Waals surface area contributed by atoms with Crippen LogP contribution in [0.3, 0.4) is 0 Å². The van der Waals surface area contributed by atoms with Crippen molar-refractivity contribution >= 4 is 0 Å². The first-order valence-electron chi connectivity index (χ1n) is 4.19. The molecule has 56 valence electrons. The lowest BCUT2D eigenvalue weighted by Crippen LogP contribution is -1.73. The first kappa shape index (κ1) is 7.59. The summed E-state index contributed by atoms with van der Waals surface area (Å²) < 4.78 is 0. The van der Waals surface area contributed by atoms with Crippen molar-refractivity contribution in [2.45, 2.75) is 32.6 Å². The Hall–Kier alpha value is -0.520. The van der Waals surface area contributed by atoms with Gasteiger partial charge in [0, 0.05) is 0 Å². The highest BCUT2D eigenvalue weighted by Crippen LogP contribution is 2.30. The van der Waals surface area contributed by atoms with E-state index < -0.39 is 0 Å². The average Bonchev–Trinajstić information content (AvgIpc) is 2.67. The molecule has 0 heteroatoms. The van der Waals surface area contributed by atoms with Gasteiger partial charge in [-0.05, 0) is 25.2 Å². The summed E-state index contributed by atoms with van der Waals surface area (Å²) in [5.74, 6) is 0.897. The van der Waals surface area contributed by atoms with Crippen molar-refractivity contribution in [3.63, 3.8) is 0 Å². The Morgan fingerprint density at radius 1 is 1.60 bits per heavy atom. The quantitative estimate of drug-likeness (QED) is 0.520. The fourth-order valence-electron chi connectivity index (χ4n) is 0.965. The summed E-state index contributed by atoms with van der Waals surface area (Å²) in [6.07, 6.45) is 9.67. The Bertz CT molecular complexity index is 138. The van der Waals surface area contributed by atoms with Gasteiger partial charge in [-0.2, -0.15) is 0 Å². The van der Waals surface area contributed by atoms with E-state index in [-0.39, 0.29) is 0 Å². The molecule has 0 atom stereocenters. The molecular weight excluding hydrogens is 120 g/mol. The maximum Gasteiger partial charge on any atom is -0.0230 e. The van der Waals surface area contributed by atoms with E-state index in [1.807, 2.05) is 0 Å². The van der Waals surface area contributed by atoms with Crippen molar-refractivity contribution in [2.75, 3.05) is 0 Å². The Morgan fingerprint density at radius 2 is 2.30 bits per heavy atom. The summed E-state index contributed by atoms with van der Waals surface area (Å²) in [5, 5.41) is 0. The zero-order chi connectivity index (χ0) is 7.40. The van der Waals surface area contributed by atoms with E-state index >= 15 is 0 Å². The van der Waals surface area contributed by atoms with Crippen molar-refractivity contribution in [1.29, 1.82) is 0 Å². The SMILES string of the molecule is C=C(/C=C/C1CC1)CCC. The molecule has 0 aromatic carbocycles. The Kier molecular flexibility index (Phi) is 2.73. The zero-order valence-electron chi connectivity index (χ0n) is 6.77. The zero-order valence-corrected chi connectivity index (χ0v) is 6.77. The van der Waals surface area contributed by atoms with Gasteiger partial charge in [-0.3, -0.25) is 0 Å². The van der Waals surface area contributed by atoms with Gasteiger partial charge in [0.15, 0.2) is 0 Å². The van der Waals surface area contributed by atoms with E-state index in [0.29, 0.717) is 0 Å². The lowest BCUT2D eigenvalue weighted by molar-refractivity contribution is 0.927. The molecule has 0 amide bonds. The summed E-state index contributed by atoms with van der Waals surface area (Å²) in [6, 6.07) is 0. The van der Waals surface area contributed by atoms with E-state index in [2.05, 4.69) is 25.7 Å². The molecule has 0 unspecified atom stereocenters. The molecule has 0 nitrogen and oxygen atoms in total. The van der Waals surface area contributed by atoms with Crippen molar-refractivity contribution in [2.24, 2.45) is 5.92 Å². The Labute approximate surface area is 63.6 Å². The van der Waals surface area contributed by atoms with E-state index in [0.717, 1.165) is 12.3 Å². The van der Waals surface area contributed by atoms with Gasteiger partial charge in [0.1, 0.15) is 0 Å². The lowest BCUT2D eigenvalue weighted by Gasteiger charge is -1.93. The van der Waals surface area contributed by atoms with E-state index in [4.69, 9.17) is 0 Å². The highest BCUT2D eigenvalue weighted by Gasteiger charge is 2.16. The molecule has 0 radical (unpaired) electrons. The van der Waals surface area contributed by atoms with Gasteiger partial charge in [-0.1, -0.05) is 37.6 Å². The lowest BCUT2D eigenvalue weighted by atomic mass is 10.1. The summed E-state index contributed by atoms with van der Waals surface area (Å²) >= 11 is 0. The highest BCUT2D eigenvalue weighted by atomic mass is 14.2. The van der Waals surface area contributed by atoms with Crippen LogP contribution < -0.4 is 0 Å². The smallest absolute Gasteiger partial charge is 0.0230 e. The van der Waals surface area contributed by atoms with Gasteiger partial charge in [0.25, 0.3) is 0 Å². The second-order valence-corrected chi connectivity index (χ2v) is 3.10. The molecular formula is C10H16. The van der Waals surface area contributed by atoms with Gasteiger partial charge >= 0.3 is 0 Å². The monoisotopic (exact) mass is 136 g/mol. The minimum absolute atomic E-state index is 0.897. The second-order valence-electron chi connectivity index (χ2n) is 3.10. The standard InChI is InChI=1S/C10H16/c1-3-4-9(2)5-6-10-7-8-10/h5-6,10H,2-4,7-8H2,1H3/b6-5+. The molecule has 1 aliphatic rings. The molecule has 0 heterocycles. The van der Waals surface area contributed by atoms with Crippen LogP contribution in [0.4, 0.5) is 0 Å². The number of hydrogen-bond acceptors (Lipinski definition) is 0. The topological polar surface area (TPSA) is 0 Å². The molecule has 0 aromatic heterocycles. The van der Waals surface area contributed by atoms with E-state index in [9.17, 15) is 0 Å². The third-order valence-electron chi connectivity index (χ3n) is 1.80. The largest absolute Gasteiger partial charge is 0.0958 e. The molecule has 0 aliphatic heterocycles. The summed E-state index contributed by atoms with van der Waals surface area (Å²) in [5.41, 5.74) is 1.29. The van der Waals surface area contributed by atoms with Crippen molar-refractivity contribution in [1.82, 2.24) is 0 Å². The van der Waals surface area contributed by atoms with Crippen LogP contribution in [0, 0.1) is 5.92 Å². The van der Waals surface area contributed by atoms with Gasteiger partial charge in [-0.25, -0.2) is 0 Å². The Morgan fingerprint density at radius 3 is 2.80 bits per heavy atom. The molecule has 0 bridgehead atoms. The molecule has 1 rings (SSSR count). The van der Waals surface area contributed by atoms with E-state index in [1.165, 1.54) is 24.8 Å². The minimum atomic E-state index is 0.897. The van der Waals surface area contributed by atoms with Crippen molar-refractivity contribution in [3.8, 4) is 0 Å². The predicted octanol–water partition coefficient (Wildman–Crippen LogP) is 3.31. The molecule has 10 heavy (non-hydrogen) atoms.